The Kier molecular flexibility index (Phi) is 4.64. The quantitative estimate of drug-likeness (QED) is 0.767. The van der Waals surface area contributed by atoms with Crippen LogP contribution in [0.1, 0.15) is 37.7 Å². The van der Waals surface area contributed by atoms with Crippen LogP contribution in [-0.4, -0.2) is 4.98 Å². The van der Waals surface area contributed by atoms with E-state index >= 15 is 0 Å². The predicted octanol–water partition coefficient (Wildman–Crippen LogP) is 3.71. The fourth-order valence-electron chi connectivity index (χ4n) is 1.65. The van der Waals surface area contributed by atoms with E-state index in [-0.39, 0.29) is 38.1 Å². The van der Waals surface area contributed by atoms with Crippen LogP contribution >= 0.6 is 0 Å². The second kappa shape index (κ2) is 5.38. The maximum atomic E-state index is 4.62. The molecule has 2 rings (SSSR count). The number of rotatable bonds is 1. The van der Waals surface area contributed by atoms with Gasteiger partial charge >= 0.3 is 0 Å². The monoisotopic (exact) mass is 288 g/mol. The molecule has 0 amide bonds. The Morgan fingerprint density at radius 1 is 1.12 bits per heavy atom. The summed E-state index contributed by atoms with van der Waals surface area (Å²) in [5.74, 6) is 0. The number of aromatic nitrogens is 1. The fourth-order valence-corrected chi connectivity index (χ4v) is 1.65. The van der Waals surface area contributed by atoms with Gasteiger partial charge in [0.1, 0.15) is 0 Å². The molecule has 1 aliphatic rings. The smallest absolute Gasteiger partial charge is 0.0702 e. The molecule has 1 radical (unpaired) electrons. The average molecular weight is 288 g/mol. The van der Waals surface area contributed by atoms with Crippen molar-refractivity contribution in [3.63, 3.8) is 0 Å². The minimum atomic E-state index is 0. The number of aryl methyl sites for hydroxylation is 1. The van der Waals surface area contributed by atoms with Crippen molar-refractivity contribution in [1.82, 2.24) is 4.98 Å². The van der Waals surface area contributed by atoms with Gasteiger partial charge < -0.3 is 0 Å². The summed E-state index contributed by atoms with van der Waals surface area (Å²) in [7, 11) is 0. The summed E-state index contributed by atoms with van der Waals surface area (Å²) in [4.78, 5) is 4.62. The van der Waals surface area contributed by atoms with Crippen LogP contribution in [0.2, 0.25) is 0 Å². The van der Waals surface area contributed by atoms with Crippen molar-refractivity contribution < 1.29 is 32.7 Å². The normalized spacial score (nSPS) is 16.2. The van der Waals surface area contributed by atoms with Gasteiger partial charge in [0.05, 0.1) is 5.69 Å². The Labute approximate surface area is 123 Å². The summed E-state index contributed by atoms with van der Waals surface area (Å²) >= 11 is 0. The summed E-state index contributed by atoms with van der Waals surface area (Å²) < 4.78 is 0. The third-order valence-electron chi connectivity index (χ3n) is 2.74. The maximum absolute atomic E-state index is 4.62. The first-order valence-electron chi connectivity index (χ1n) is 5.49. The van der Waals surface area contributed by atoms with Crippen LogP contribution in [0.25, 0.3) is 12.2 Å². The molecule has 1 nitrogen and oxygen atoms in total. The van der Waals surface area contributed by atoms with Gasteiger partial charge in [0.15, 0.2) is 0 Å². The van der Waals surface area contributed by atoms with Crippen LogP contribution in [0, 0.1) is 5.41 Å². The fraction of sp³-hybridized carbons (Fsp3) is 0.357. The molecule has 0 fully saturated rings. The number of allylic oxidation sites excluding steroid dienone is 2. The van der Waals surface area contributed by atoms with Crippen LogP contribution in [0.5, 0.6) is 0 Å². The zero-order valence-corrected chi connectivity index (χ0v) is 13.0. The summed E-state index contributed by atoms with van der Waals surface area (Å²) in [5, 5.41) is 0. The first-order chi connectivity index (χ1) is 7.11. The zero-order chi connectivity index (χ0) is 10.9. The van der Waals surface area contributed by atoms with E-state index in [1.807, 2.05) is 0 Å². The number of hydrogen-bond donors (Lipinski definition) is 0. The van der Waals surface area contributed by atoms with Crippen LogP contribution in [0.4, 0.5) is 0 Å². The molecule has 1 aliphatic carbocycles. The van der Waals surface area contributed by atoms with Gasteiger partial charge in [-0.1, -0.05) is 45.1 Å². The summed E-state index contributed by atoms with van der Waals surface area (Å²) in [6, 6.07) is 4.26. The first kappa shape index (κ1) is 13.8. The molecular formula is C14H17NY. The van der Waals surface area contributed by atoms with Gasteiger partial charge in [-0.05, 0) is 24.1 Å². The third kappa shape index (κ3) is 3.12. The first-order valence-corrected chi connectivity index (χ1v) is 5.49. The van der Waals surface area contributed by atoms with E-state index in [4.69, 9.17) is 0 Å². The zero-order valence-electron chi connectivity index (χ0n) is 10.2. The predicted molar refractivity (Wildman–Crippen MR) is 65.5 cm³/mol. The van der Waals surface area contributed by atoms with Gasteiger partial charge in [-0.25, -0.2) is 0 Å². The van der Waals surface area contributed by atoms with Crippen molar-refractivity contribution in [2.24, 2.45) is 5.41 Å². The van der Waals surface area contributed by atoms with Crippen molar-refractivity contribution >= 4 is 12.2 Å². The molecule has 0 atom stereocenters. The minimum absolute atomic E-state index is 0. The van der Waals surface area contributed by atoms with Gasteiger partial charge in [0, 0.05) is 43.8 Å². The number of fused-ring (bicyclic) bond motifs is 1. The van der Waals surface area contributed by atoms with Gasteiger partial charge in [0.2, 0.25) is 0 Å². The van der Waals surface area contributed by atoms with Crippen LogP contribution in [0.3, 0.4) is 0 Å². The Morgan fingerprint density at radius 2 is 1.81 bits per heavy atom. The van der Waals surface area contributed by atoms with E-state index in [1.54, 1.807) is 0 Å². The Bertz CT molecular complexity index is 430. The number of pyridine rings is 1. The van der Waals surface area contributed by atoms with E-state index in [1.165, 1.54) is 5.56 Å². The molecule has 0 bridgehead atoms. The van der Waals surface area contributed by atoms with Gasteiger partial charge in [-0.3, -0.25) is 4.98 Å². The van der Waals surface area contributed by atoms with Gasteiger partial charge in [-0.15, -0.1) is 0 Å². The molecule has 0 unspecified atom stereocenters. The topological polar surface area (TPSA) is 12.9 Å². The molecule has 1 aromatic rings. The van der Waals surface area contributed by atoms with Crippen molar-refractivity contribution in [2.45, 2.75) is 27.2 Å². The molecule has 16 heavy (non-hydrogen) atoms. The molecule has 0 saturated carbocycles. The Morgan fingerprint density at radius 3 is 2.50 bits per heavy atom. The van der Waals surface area contributed by atoms with E-state index in [0.29, 0.717) is 0 Å². The molecule has 1 heterocycles. The Hall–Kier alpha value is -0.266. The average Bonchev–Trinajstić information content (AvgIpc) is 2.38. The molecule has 0 spiro atoms. The summed E-state index contributed by atoms with van der Waals surface area (Å²) in [5.41, 5.74) is 3.60. The molecule has 81 valence electrons. The van der Waals surface area contributed by atoms with Crippen LogP contribution < -0.4 is 0 Å². The van der Waals surface area contributed by atoms with E-state index in [0.717, 1.165) is 17.8 Å². The second-order valence-electron chi connectivity index (χ2n) is 4.62. The number of hydrogen-bond acceptors (Lipinski definition) is 1. The molecule has 0 aromatic carbocycles. The van der Waals surface area contributed by atoms with E-state index in [9.17, 15) is 0 Å². The maximum Gasteiger partial charge on any atom is 0.0702 e. The molecule has 1 aromatic heterocycles. The second-order valence-corrected chi connectivity index (χ2v) is 4.62. The largest absolute Gasteiger partial charge is 0.253 e. The molecular weight excluding hydrogens is 271 g/mol. The SMILES string of the molecule is CCc1ccc2c(n1)C=CC(C)(C)C=C2.[Y]. The van der Waals surface area contributed by atoms with Crippen LogP contribution in [-0.2, 0) is 39.1 Å². The van der Waals surface area contributed by atoms with E-state index < -0.39 is 0 Å². The summed E-state index contributed by atoms with van der Waals surface area (Å²) in [6.07, 6.45) is 9.73. The summed E-state index contributed by atoms with van der Waals surface area (Å²) in [6.45, 7) is 6.54. The van der Waals surface area contributed by atoms with Crippen LogP contribution in [0.15, 0.2) is 24.3 Å². The molecule has 0 saturated heterocycles. The van der Waals surface area contributed by atoms with Gasteiger partial charge in [-0.2, -0.15) is 0 Å². The number of nitrogens with zero attached hydrogens (tertiary/aromatic N) is 1. The molecule has 2 heteroatoms. The van der Waals surface area contributed by atoms with Crippen molar-refractivity contribution in [3.05, 3.63) is 41.2 Å². The van der Waals surface area contributed by atoms with E-state index in [2.05, 4.69) is 62.2 Å². The van der Waals surface area contributed by atoms with Crippen molar-refractivity contribution in [1.29, 1.82) is 0 Å². The van der Waals surface area contributed by atoms with Gasteiger partial charge in [0.25, 0.3) is 0 Å². The standard InChI is InChI=1S/C14H17N.Y/c1-4-12-6-5-11-7-9-14(2,3)10-8-13(11)15-12;/h5-10H,4H2,1-3H3;. The molecule has 0 aliphatic heterocycles. The van der Waals surface area contributed by atoms with Crippen molar-refractivity contribution in [2.75, 3.05) is 0 Å². The molecule has 0 N–H and O–H groups in total. The Balaban J connectivity index is 0.00000128. The van der Waals surface area contributed by atoms with Crippen molar-refractivity contribution in [3.8, 4) is 0 Å². The third-order valence-corrected chi connectivity index (χ3v) is 2.74. The minimum Gasteiger partial charge on any atom is -0.253 e.